The second-order valence-corrected chi connectivity index (χ2v) is 8.21. The van der Waals surface area contributed by atoms with Gasteiger partial charge in [0.15, 0.2) is 0 Å². The van der Waals surface area contributed by atoms with Crippen LogP contribution in [0.5, 0.6) is 0 Å². The predicted octanol–water partition coefficient (Wildman–Crippen LogP) is 7.74. The number of nitrogens with zero attached hydrogens (tertiary/aromatic N) is 1. The quantitative estimate of drug-likeness (QED) is 0.234. The van der Waals surface area contributed by atoms with Gasteiger partial charge in [-0.1, -0.05) is 102 Å². The van der Waals surface area contributed by atoms with Crippen molar-refractivity contribution in [3.63, 3.8) is 0 Å². The number of aliphatic carboxylic acids is 1. The fourth-order valence-corrected chi connectivity index (χ4v) is 3.73. The van der Waals surface area contributed by atoms with Crippen molar-refractivity contribution in [2.45, 2.75) is 13.8 Å². The molecule has 0 heterocycles. The number of carboxylic acid groups (broad SMARTS) is 1. The molecule has 168 valence electrons. The highest BCUT2D eigenvalue weighted by Crippen LogP contribution is 2.32. The summed E-state index contributed by atoms with van der Waals surface area (Å²) >= 11 is 0. The molecule has 0 aliphatic carbocycles. The number of carbonyl (C=O) groups is 1. The molecule has 0 radical (unpaired) electrons. The summed E-state index contributed by atoms with van der Waals surface area (Å²) in [6.07, 6.45) is 5.79. The molecule has 0 unspecified atom stereocenters. The first-order valence-electron chi connectivity index (χ1n) is 11.2. The Morgan fingerprint density at radius 1 is 0.647 bits per heavy atom. The molecule has 34 heavy (non-hydrogen) atoms. The van der Waals surface area contributed by atoms with Gasteiger partial charge in [0.1, 0.15) is 5.70 Å². The van der Waals surface area contributed by atoms with E-state index in [4.69, 9.17) is 0 Å². The fourth-order valence-electron chi connectivity index (χ4n) is 3.73. The Morgan fingerprint density at radius 3 is 1.68 bits per heavy atom. The van der Waals surface area contributed by atoms with Gasteiger partial charge >= 0.3 is 5.97 Å². The molecule has 4 aromatic carbocycles. The van der Waals surface area contributed by atoms with E-state index in [-0.39, 0.29) is 5.70 Å². The lowest BCUT2D eigenvalue weighted by molar-refractivity contribution is -0.132. The van der Waals surface area contributed by atoms with E-state index in [9.17, 15) is 9.90 Å². The molecule has 0 aliphatic rings. The molecule has 0 spiro atoms. The van der Waals surface area contributed by atoms with Gasteiger partial charge in [-0.15, -0.1) is 0 Å². The predicted molar refractivity (Wildman–Crippen MR) is 142 cm³/mol. The minimum absolute atomic E-state index is 0.174. The Balaban J connectivity index is 1.82. The van der Waals surface area contributed by atoms with Crippen molar-refractivity contribution in [1.82, 2.24) is 0 Å². The maximum atomic E-state index is 12.6. The van der Waals surface area contributed by atoms with Gasteiger partial charge in [0.25, 0.3) is 0 Å². The van der Waals surface area contributed by atoms with Crippen molar-refractivity contribution in [1.29, 1.82) is 0 Å². The van der Waals surface area contributed by atoms with Crippen LogP contribution in [0.15, 0.2) is 109 Å². The molecule has 0 amide bonds. The van der Waals surface area contributed by atoms with Crippen LogP contribution in [0.25, 0.3) is 18.2 Å². The summed E-state index contributed by atoms with van der Waals surface area (Å²) in [4.78, 5) is 14.4. The zero-order valence-corrected chi connectivity index (χ0v) is 19.3. The van der Waals surface area contributed by atoms with Crippen molar-refractivity contribution in [3.05, 3.63) is 137 Å². The van der Waals surface area contributed by atoms with Crippen molar-refractivity contribution in [2.24, 2.45) is 0 Å². The van der Waals surface area contributed by atoms with E-state index < -0.39 is 5.97 Å². The summed E-state index contributed by atoms with van der Waals surface area (Å²) in [5.74, 6) is -0.997. The van der Waals surface area contributed by atoms with Gasteiger partial charge in [0.2, 0.25) is 0 Å². The Morgan fingerprint density at radius 2 is 1.15 bits per heavy atom. The van der Waals surface area contributed by atoms with Gasteiger partial charge in [0.05, 0.1) is 0 Å². The second-order valence-electron chi connectivity index (χ2n) is 8.21. The van der Waals surface area contributed by atoms with Crippen molar-refractivity contribution in [3.8, 4) is 0 Å². The van der Waals surface area contributed by atoms with Crippen LogP contribution in [-0.2, 0) is 4.79 Å². The zero-order valence-electron chi connectivity index (χ0n) is 19.3. The van der Waals surface area contributed by atoms with Gasteiger partial charge in [-0.3, -0.25) is 0 Å². The number of rotatable bonds is 7. The molecule has 3 nitrogen and oxygen atoms in total. The third-order valence-electron chi connectivity index (χ3n) is 5.59. The lowest BCUT2D eigenvalue weighted by Gasteiger charge is -2.26. The van der Waals surface area contributed by atoms with Gasteiger partial charge in [-0.25, -0.2) is 4.79 Å². The van der Waals surface area contributed by atoms with Gasteiger partial charge in [0, 0.05) is 11.4 Å². The molecule has 4 aromatic rings. The van der Waals surface area contributed by atoms with Crippen LogP contribution in [0.1, 0.15) is 27.8 Å². The molecular formula is C31H27NO2. The van der Waals surface area contributed by atoms with Crippen LogP contribution in [0, 0.1) is 13.8 Å². The first kappa shape index (κ1) is 22.8. The Hall–Kier alpha value is -4.37. The summed E-state index contributed by atoms with van der Waals surface area (Å²) in [5.41, 5.74) is 6.85. The smallest absolute Gasteiger partial charge is 0.352 e. The van der Waals surface area contributed by atoms with Gasteiger partial charge < -0.3 is 10.0 Å². The third-order valence-corrected chi connectivity index (χ3v) is 5.59. The minimum atomic E-state index is -0.997. The summed E-state index contributed by atoms with van der Waals surface area (Å²) in [7, 11) is 0. The molecule has 0 saturated heterocycles. The highest BCUT2D eigenvalue weighted by molar-refractivity contribution is 6.00. The summed E-state index contributed by atoms with van der Waals surface area (Å²) in [5, 5.41) is 10.3. The highest BCUT2D eigenvalue weighted by Gasteiger charge is 2.21. The Bertz CT molecular complexity index is 1270. The third kappa shape index (κ3) is 5.51. The topological polar surface area (TPSA) is 40.5 Å². The summed E-state index contributed by atoms with van der Waals surface area (Å²) in [6, 6.07) is 33.6. The number of hydrogen-bond acceptors (Lipinski definition) is 2. The standard InChI is InChI=1S/C31H27NO2/c1-23-12-18-28(19-13-23)32(29-20-14-24(2)15-21-29)30(31(33)34)22-27-11-7-6-10-26(27)17-16-25-8-4-3-5-9-25/h3-22H,1-2H3,(H,33,34). The molecule has 0 atom stereocenters. The van der Waals surface area contributed by atoms with Crippen LogP contribution in [0.3, 0.4) is 0 Å². The maximum Gasteiger partial charge on any atom is 0.352 e. The van der Waals surface area contributed by atoms with Crippen LogP contribution >= 0.6 is 0 Å². The molecule has 0 aliphatic heterocycles. The minimum Gasteiger partial charge on any atom is -0.477 e. The number of anilines is 2. The molecule has 3 heteroatoms. The zero-order chi connectivity index (χ0) is 23.9. The monoisotopic (exact) mass is 445 g/mol. The normalized spacial score (nSPS) is 11.5. The fraction of sp³-hybridized carbons (Fsp3) is 0.0645. The Labute approximate surface area is 200 Å². The number of aryl methyl sites for hydroxylation is 2. The largest absolute Gasteiger partial charge is 0.477 e. The molecule has 0 saturated carbocycles. The average molecular weight is 446 g/mol. The average Bonchev–Trinajstić information content (AvgIpc) is 2.85. The van der Waals surface area contributed by atoms with Crippen LogP contribution in [0.4, 0.5) is 11.4 Å². The molecular weight excluding hydrogens is 418 g/mol. The lowest BCUT2D eigenvalue weighted by atomic mass is 10.0. The summed E-state index contributed by atoms with van der Waals surface area (Å²) in [6.45, 7) is 4.03. The van der Waals surface area contributed by atoms with E-state index in [2.05, 4.69) is 0 Å². The lowest BCUT2D eigenvalue weighted by Crippen LogP contribution is -2.22. The van der Waals surface area contributed by atoms with Gasteiger partial charge in [-0.05, 0) is 60.9 Å². The SMILES string of the molecule is Cc1ccc(N(C(=Cc2ccccc2C=Cc2ccccc2)C(=O)O)c2ccc(C)cc2)cc1. The van der Waals surface area contributed by atoms with E-state index in [1.165, 1.54) is 0 Å². The van der Waals surface area contributed by atoms with Crippen LogP contribution < -0.4 is 4.90 Å². The van der Waals surface area contributed by atoms with Crippen molar-refractivity contribution in [2.75, 3.05) is 4.90 Å². The molecule has 0 aromatic heterocycles. The number of benzene rings is 4. The van der Waals surface area contributed by atoms with E-state index in [1.54, 1.807) is 11.0 Å². The Kier molecular flexibility index (Phi) is 7.04. The number of hydrogen-bond donors (Lipinski definition) is 1. The van der Waals surface area contributed by atoms with Crippen molar-refractivity contribution >= 4 is 35.6 Å². The molecule has 0 fully saturated rings. The van der Waals surface area contributed by atoms with Crippen LogP contribution in [-0.4, -0.2) is 11.1 Å². The molecule has 1 N–H and O–H groups in total. The van der Waals surface area contributed by atoms with Crippen LogP contribution in [0.2, 0.25) is 0 Å². The van der Waals surface area contributed by atoms with Gasteiger partial charge in [-0.2, -0.15) is 0 Å². The first-order valence-corrected chi connectivity index (χ1v) is 11.2. The van der Waals surface area contributed by atoms with E-state index in [0.717, 1.165) is 39.2 Å². The molecule has 0 bridgehead atoms. The van der Waals surface area contributed by atoms with E-state index in [0.29, 0.717) is 0 Å². The number of carboxylic acids is 1. The second kappa shape index (κ2) is 10.5. The first-order chi connectivity index (χ1) is 16.5. The van der Waals surface area contributed by atoms with E-state index in [1.807, 2.05) is 129 Å². The molecule has 4 rings (SSSR count). The van der Waals surface area contributed by atoms with E-state index >= 15 is 0 Å². The van der Waals surface area contributed by atoms with Crippen molar-refractivity contribution < 1.29 is 9.90 Å². The summed E-state index contributed by atoms with van der Waals surface area (Å²) < 4.78 is 0. The highest BCUT2D eigenvalue weighted by atomic mass is 16.4. The maximum absolute atomic E-state index is 12.6.